The van der Waals surface area contributed by atoms with Gasteiger partial charge in [0.2, 0.25) is 10.0 Å². The van der Waals surface area contributed by atoms with Crippen molar-refractivity contribution >= 4 is 27.3 Å². The molecule has 0 radical (unpaired) electrons. The van der Waals surface area contributed by atoms with Crippen molar-refractivity contribution in [2.75, 3.05) is 31.1 Å². The fourth-order valence-electron chi connectivity index (χ4n) is 3.10. The molecular formula is C20H22N2O4S. The van der Waals surface area contributed by atoms with Crippen LogP contribution in [-0.4, -0.2) is 50.5 Å². The topological polar surface area (TPSA) is 74.8 Å². The number of nitrogens with zero attached hydrogens (tertiary/aromatic N) is 2. The van der Waals surface area contributed by atoms with Crippen LogP contribution < -0.4 is 4.90 Å². The maximum atomic E-state index is 12.8. The smallest absolute Gasteiger partial charge is 0.243 e. The molecule has 2 aromatic carbocycles. The van der Waals surface area contributed by atoms with E-state index in [1.54, 1.807) is 24.3 Å². The van der Waals surface area contributed by atoms with Gasteiger partial charge in [0.15, 0.2) is 11.6 Å². The number of anilines is 1. The monoisotopic (exact) mass is 386 g/mol. The summed E-state index contributed by atoms with van der Waals surface area (Å²) in [7, 11) is -3.58. The predicted octanol–water partition coefficient (Wildman–Crippen LogP) is 2.60. The van der Waals surface area contributed by atoms with Crippen molar-refractivity contribution in [1.29, 1.82) is 0 Å². The highest BCUT2D eigenvalue weighted by Gasteiger charge is 2.28. The summed E-state index contributed by atoms with van der Waals surface area (Å²) >= 11 is 0. The third kappa shape index (κ3) is 4.09. The maximum absolute atomic E-state index is 12.8. The van der Waals surface area contributed by atoms with Gasteiger partial charge in [-0.1, -0.05) is 12.1 Å². The molecule has 0 saturated carbocycles. The fraction of sp³-hybridized carbons (Fsp3) is 0.300. The molecule has 0 atom stereocenters. The summed E-state index contributed by atoms with van der Waals surface area (Å²) in [4.78, 5) is 25.0. The minimum Gasteiger partial charge on any atom is -0.369 e. The molecule has 6 nitrogen and oxygen atoms in total. The number of carbonyl (C=O) groups excluding carboxylic acids is 2. The van der Waals surface area contributed by atoms with E-state index in [1.165, 1.54) is 30.3 Å². The van der Waals surface area contributed by atoms with Crippen LogP contribution >= 0.6 is 0 Å². The second-order valence-electron chi connectivity index (χ2n) is 6.57. The molecule has 0 unspecified atom stereocenters. The Morgan fingerprint density at radius 1 is 0.741 bits per heavy atom. The summed E-state index contributed by atoms with van der Waals surface area (Å²) < 4.78 is 27.1. The summed E-state index contributed by atoms with van der Waals surface area (Å²) in [5.41, 5.74) is 2.13. The largest absolute Gasteiger partial charge is 0.369 e. The van der Waals surface area contributed by atoms with Gasteiger partial charge in [-0.25, -0.2) is 8.42 Å². The van der Waals surface area contributed by atoms with Gasteiger partial charge in [-0.15, -0.1) is 0 Å². The van der Waals surface area contributed by atoms with Crippen LogP contribution in [0.1, 0.15) is 34.6 Å². The first-order valence-electron chi connectivity index (χ1n) is 8.76. The van der Waals surface area contributed by atoms with Gasteiger partial charge in [-0.05, 0) is 50.2 Å². The summed E-state index contributed by atoms with van der Waals surface area (Å²) in [5.74, 6) is -0.0726. The van der Waals surface area contributed by atoms with Gasteiger partial charge in [0.25, 0.3) is 0 Å². The standard InChI is InChI=1S/C20H22N2O4S/c1-15(23)17-3-7-19(8-4-17)21-11-13-22(14-12-21)27(25,26)20-9-5-18(6-10-20)16(2)24/h3-10H,11-14H2,1-2H3. The lowest BCUT2D eigenvalue weighted by Gasteiger charge is -2.35. The van der Waals surface area contributed by atoms with Crippen LogP contribution in [0.5, 0.6) is 0 Å². The van der Waals surface area contributed by atoms with Gasteiger partial charge < -0.3 is 4.90 Å². The molecule has 0 spiro atoms. The molecule has 1 heterocycles. The first-order valence-corrected chi connectivity index (χ1v) is 10.2. The Morgan fingerprint density at radius 2 is 1.19 bits per heavy atom. The number of hydrogen-bond acceptors (Lipinski definition) is 5. The second-order valence-corrected chi connectivity index (χ2v) is 8.51. The Hall–Kier alpha value is -2.51. The Labute approximate surface area is 159 Å². The number of carbonyl (C=O) groups is 2. The SMILES string of the molecule is CC(=O)c1ccc(N2CCN(S(=O)(=O)c3ccc(C(C)=O)cc3)CC2)cc1. The van der Waals surface area contributed by atoms with Crippen LogP contribution in [0.2, 0.25) is 0 Å². The number of piperazine rings is 1. The summed E-state index contributed by atoms with van der Waals surface area (Å²) in [6.45, 7) is 4.89. The van der Waals surface area contributed by atoms with Crippen molar-refractivity contribution in [2.24, 2.45) is 0 Å². The third-order valence-corrected chi connectivity index (χ3v) is 6.69. The Morgan fingerprint density at radius 3 is 1.63 bits per heavy atom. The Bertz CT molecular complexity index is 942. The van der Waals surface area contributed by atoms with E-state index < -0.39 is 10.0 Å². The van der Waals surface area contributed by atoms with E-state index in [9.17, 15) is 18.0 Å². The van der Waals surface area contributed by atoms with Crippen molar-refractivity contribution in [2.45, 2.75) is 18.7 Å². The number of Topliss-reactive ketones (excluding diaryl/α,β-unsaturated/α-hetero) is 2. The zero-order valence-corrected chi connectivity index (χ0v) is 16.2. The fourth-order valence-corrected chi connectivity index (χ4v) is 4.53. The average Bonchev–Trinajstić information content (AvgIpc) is 2.68. The first-order chi connectivity index (χ1) is 12.8. The number of rotatable bonds is 5. The normalized spacial score (nSPS) is 15.6. The zero-order valence-electron chi connectivity index (χ0n) is 15.4. The third-order valence-electron chi connectivity index (χ3n) is 4.78. The lowest BCUT2D eigenvalue weighted by atomic mass is 10.1. The second kappa shape index (κ2) is 7.62. The predicted molar refractivity (Wildman–Crippen MR) is 104 cm³/mol. The van der Waals surface area contributed by atoms with Gasteiger partial charge in [0, 0.05) is 43.0 Å². The molecule has 27 heavy (non-hydrogen) atoms. The summed E-state index contributed by atoms with van der Waals surface area (Å²) in [6, 6.07) is 13.4. The van der Waals surface area contributed by atoms with Gasteiger partial charge in [-0.3, -0.25) is 9.59 Å². The number of sulfonamides is 1. The molecule has 1 fully saturated rings. The molecule has 0 N–H and O–H groups in total. The van der Waals surface area contributed by atoms with Crippen LogP contribution in [0.15, 0.2) is 53.4 Å². The molecule has 0 bridgehead atoms. The zero-order chi connectivity index (χ0) is 19.6. The van der Waals surface area contributed by atoms with E-state index in [0.717, 1.165) is 5.69 Å². The summed E-state index contributed by atoms with van der Waals surface area (Å²) in [6.07, 6.45) is 0. The van der Waals surface area contributed by atoms with Crippen molar-refractivity contribution in [3.05, 3.63) is 59.7 Å². The van der Waals surface area contributed by atoms with Crippen LogP contribution in [0, 0.1) is 0 Å². The van der Waals surface area contributed by atoms with E-state index in [0.29, 0.717) is 37.3 Å². The van der Waals surface area contributed by atoms with Crippen molar-refractivity contribution in [3.63, 3.8) is 0 Å². The highest BCUT2D eigenvalue weighted by molar-refractivity contribution is 7.89. The van der Waals surface area contributed by atoms with Crippen molar-refractivity contribution in [3.8, 4) is 0 Å². The van der Waals surface area contributed by atoms with Crippen LogP contribution in [0.3, 0.4) is 0 Å². The lowest BCUT2D eigenvalue weighted by Crippen LogP contribution is -2.48. The molecule has 1 aliphatic rings. The maximum Gasteiger partial charge on any atom is 0.243 e. The molecule has 7 heteroatoms. The molecule has 0 aliphatic carbocycles. The molecule has 1 aliphatic heterocycles. The minimum atomic E-state index is -3.58. The lowest BCUT2D eigenvalue weighted by molar-refractivity contribution is 0.100. The van der Waals surface area contributed by atoms with Gasteiger partial charge in [-0.2, -0.15) is 4.31 Å². The Kier molecular flexibility index (Phi) is 5.43. The highest BCUT2D eigenvalue weighted by Crippen LogP contribution is 2.22. The van der Waals surface area contributed by atoms with E-state index in [2.05, 4.69) is 4.90 Å². The molecule has 142 valence electrons. The van der Waals surface area contributed by atoms with E-state index in [1.807, 2.05) is 12.1 Å². The highest BCUT2D eigenvalue weighted by atomic mass is 32.2. The first kappa shape index (κ1) is 19.3. The molecule has 3 rings (SSSR count). The number of benzene rings is 2. The average molecular weight is 386 g/mol. The van der Waals surface area contributed by atoms with Crippen LogP contribution in [0.4, 0.5) is 5.69 Å². The number of hydrogen-bond donors (Lipinski definition) is 0. The molecule has 1 saturated heterocycles. The number of ketones is 2. The van der Waals surface area contributed by atoms with Gasteiger partial charge >= 0.3 is 0 Å². The van der Waals surface area contributed by atoms with Gasteiger partial charge in [0.05, 0.1) is 4.90 Å². The van der Waals surface area contributed by atoms with Crippen LogP contribution in [-0.2, 0) is 10.0 Å². The minimum absolute atomic E-state index is 0.0215. The van der Waals surface area contributed by atoms with Crippen molar-refractivity contribution in [1.82, 2.24) is 4.31 Å². The molecular weight excluding hydrogens is 364 g/mol. The summed E-state index contributed by atoms with van der Waals surface area (Å²) in [5, 5.41) is 0. The van der Waals surface area contributed by atoms with E-state index in [-0.39, 0.29) is 16.5 Å². The van der Waals surface area contributed by atoms with Crippen molar-refractivity contribution < 1.29 is 18.0 Å². The van der Waals surface area contributed by atoms with E-state index >= 15 is 0 Å². The van der Waals surface area contributed by atoms with Gasteiger partial charge in [0.1, 0.15) is 0 Å². The van der Waals surface area contributed by atoms with E-state index in [4.69, 9.17) is 0 Å². The Balaban J connectivity index is 1.68. The van der Waals surface area contributed by atoms with Crippen LogP contribution in [0.25, 0.3) is 0 Å². The molecule has 2 aromatic rings. The molecule has 0 amide bonds. The molecule has 0 aromatic heterocycles. The quantitative estimate of drug-likeness (QED) is 0.739.